The van der Waals surface area contributed by atoms with Gasteiger partial charge in [-0.05, 0) is 44.3 Å². The first kappa shape index (κ1) is 12.4. The van der Waals surface area contributed by atoms with Crippen LogP contribution in [-0.4, -0.2) is 14.8 Å². The molecule has 0 bridgehead atoms. The average Bonchev–Trinajstić information content (AvgIpc) is 2.64. The Balaban J connectivity index is 2.69. The van der Waals surface area contributed by atoms with Crippen LogP contribution in [0.2, 0.25) is 0 Å². The number of nitrogens with one attached hydrogen (secondary N) is 1. The van der Waals surface area contributed by atoms with Crippen LogP contribution in [0.15, 0.2) is 22.7 Å². The van der Waals surface area contributed by atoms with Gasteiger partial charge in [-0.15, -0.1) is 0 Å². The standard InChI is InChI=1S/C11H11BrFN3S/c1-6(2)16-10(14-15-11(16)17)8-5-7(12)3-4-9(8)13/h3-6H,1-2H3,(H,15,17). The fourth-order valence-electron chi connectivity index (χ4n) is 1.64. The van der Waals surface area contributed by atoms with E-state index >= 15 is 0 Å². The van der Waals surface area contributed by atoms with Gasteiger partial charge in [0.25, 0.3) is 0 Å². The zero-order valence-electron chi connectivity index (χ0n) is 9.37. The van der Waals surface area contributed by atoms with Gasteiger partial charge in [-0.25, -0.2) is 4.39 Å². The lowest BCUT2D eigenvalue weighted by molar-refractivity contribution is 0.588. The molecule has 6 heteroatoms. The number of hydrogen-bond acceptors (Lipinski definition) is 2. The molecule has 0 atom stereocenters. The first-order valence-corrected chi connectivity index (χ1v) is 6.33. The highest BCUT2D eigenvalue weighted by Gasteiger charge is 2.15. The number of halogens is 2. The maximum absolute atomic E-state index is 13.8. The molecule has 0 aliphatic rings. The van der Waals surface area contributed by atoms with E-state index in [9.17, 15) is 4.39 Å². The van der Waals surface area contributed by atoms with Crippen molar-refractivity contribution in [2.45, 2.75) is 19.9 Å². The molecule has 0 saturated heterocycles. The lowest BCUT2D eigenvalue weighted by Gasteiger charge is -2.11. The topological polar surface area (TPSA) is 33.6 Å². The van der Waals surface area contributed by atoms with Gasteiger partial charge in [0.2, 0.25) is 0 Å². The van der Waals surface area contributed by atoms with E-state index in [1.807, 2.05) is 13.8 Å². The van der Waals surface area contributed by atoms with Crippen LogP contribution in [0, 0.1) is 10.6 Å². The van der Waals surface area contributed by atoms with Gasteiger partial charge in [-0.2, -0.15) is 5.10 Å². The van der Waals surface area contributed by atoms with Gasteiger partial charge in [-0.3, -0.25) is 9.67 Å². The zero-order valence-corrected chi connectivity index (χ0v) is 11.8. The van der Waals surface area contributed by atoms with E-state index in [0.29, 0.717) is 16.2 Å². The van der Waals surface area contributed by atoms with Crippen LogP contribution in [0.1, 0.15) is 19.9 Å². The zero-order chi connectivity index (χ0) is 12.6. The molecule has 0 amide bonds. The summed E-state index contributed by atoms with van der Waals surface area (Å²) < 4.78 is 16.9. The smallest absolute Gasteiger partial charge is 0.195 e. The molecule has 0 unspecified atom stereocenters. The van der Waals surface area contributed by atoms with E-state index < -0.39 is 0 Å². The van der Waals surface area contributed by atoms with E-state index in [4.69, 9.17) is 12.2 Å². The maximum atomic E-state index is 13.8. The lowest BCUT2D eigenvalue weighted by Crippen LogP contribution is -2.04. The summed E-state index contributed by atoms with van der Waals surface area (Å²) >= 11 is 8.46. The van der Waals surface area contributed by atoms with Crippen LogP contribution in [0.4, 0.5) is 4.39 Å². The summed E-state index contributed by atoms with van der Waals surface area (Å²) in [5.41, 5.74) is 0.431. The Hall–Kier alpha value is -1.01. The first-order chi connectivity index (χ1) is 8.00. The fourth-order valence-corrected chi connectivity index (χ4v) is 2.35. The third-order valence-corrected chi connectivity index (χ3v) is 3.17. The first-order valence-electron chi connectivity index (χ1n) is 5.13. The number of benzene rings is 1. The van der Waals surface area contributed by atoms with Gasteiger partial charge >= 0.3 is 0 Å². The predicted octanol–water partition coefficient (Wildman–Crippen LogP) is 4.09. The molecule has 90 valence electrons. The van der Waals surface area contributed by atoms with Gasteiger partial charge in [0.1, 0.15) is 5.82 Å². The van der Waals surface area contributed by atoms with Gasteiger partial charge in [0.15, 0.2) is 10.6 Å². The van der Waals surface area contributed by atoms with E-state index in [2.05, 4.69) is 26.1 Å². The Morgan fingerprint density at radius 1 is 1.47 bits per heavy atom. The summed E-state index contributed by atoms with van der Waals surface area (Å²) in [6.45, 7) is 3.95. The second-order valence-electron chi connectivity index (χ2n) is 3.94. The number of aromatic nitrogens is 3. The van der Waals surface area contributed by atoms with Crippen molar-refractivity contribution in [3.63, 3.8) is 0 Å². The Kier molecular flexibility index (Phi) is 3.44. The van der Waals surface area contributed by atoms with Gasteiger partial charge in [0.05, 0.1) is 5.56 Å². The van der Waals surface area contributed by atoms with Gasteiger partial charge < -0.3 is 0 Å². The van der Waals surface area contributed by atoms with Crippen LogP contribution in [0.5, 0.6) is 0 Å². The van der Waals surface area contributed by atoms with Gasteiger partial charge in [0, 0.05) is 10.5 Å². The van der Waals surface area contributed by atoms with E-state index in [-0.39, 0.29) is 11.9 Å². The molecular weight excluding hydrogens is 305 g/mol. The van der Waals surface area contributed by atoms with Gasteiger partial charge in [-0.1, -0.05) is 15.9 Å². The van der Waals surface area contributed by atoms with Crippen LogP contribution in [0.3, 0.4) is 0 Å². The third-order valence-electron chi connectivity index (χ3n) is 2.39. The summed E-state index contributed by atoms with van der Waals surface area (Å²) in [6, 6.07) is 4.87. The Bertz CT molecular complexity index is 603. The largest absolute Gasteiger partial charge is 0.298 e. The summed E-state index contributed by atoms with van der Waals surface area (Å²) in [6.07, 6.45) is 0. The molecule has 0 aliphatic carbocycles. The van der Waals surface area contributed by atoms with Crippen LogP contribution in [-0.2, 0) is 0 Å². The van der Waals surface area contributed by atoms with Crippen molar-refractivity contribution in [3.05, 3.63) is 33.3 Å². The second kappa shape index (κ2) is 4.70. The number of H-pyrrole nitrogens is 1. The molecule has 2 aromatic rings. The molecule has 3 nitrogen and oxygen atoms in total. The highest BCUT2D eigenvalue weighted by atomic mass is 79.9. The quantitative estimate of drug-likeness (QED) is 0.847. The molecular formula is C11H11BrFN3S. The highest BCUT2D eigenvalue weighted by molar-refractivity contribution is 9.10. The van der Waals surface area contributed by atoms with Crippen molar-refractivity contribution >= 4 is 28.1 Å². The monoisotopic (exact) mass is 315 g/mol. The predicted molar refractivity (Wildman–Crippen MR) is 70.9 cm³/mol. The molecule has 1 aromatic carbocycles. The number of nitrogens with zero attached hydrogens (tertiary/aromatic N) is 2. The SMILES string of the molecule is CC(C)n1c(-c2cc(Br)ccc2F)n[nH]c1=S. The molecule has 0 saturated carbocycles. The molecule has 0 radical (unpaired) electrons. The Morgan fingerprint density at radius 2 is 2.18 bits per heavy atom. The number of hydrogen-bond donors (Lipinski definition) is 1. The molecule has 17 heavy (non-hydrogen) atoms. The normalized spacial score (nSPS) is 11.1. The Morgan fingerprint density at radius 3 is 2.82 bits per heavy atom. The minimum Gasteiger partial charge on any atom is -0.298 e. The minimum absolute atomic E-state index is 0.120. The van der Waals surface area contributed by atoms with E-state index in [0.717, 1.165) is 4.47 Å². The summed E-state index contributed by atoms with van der Waals surface area (Å²) in [5.74, 6) is 0.202. The van der Waals surface area contributed by atoms with Crippen LogP contribution >= 0.6 is 28.1 Å². The molecule has 1 heterocycles. The molecule has 1 N–H and O–H groups in total. The molecule has 0 fully saturated rings. The van der Waals surface area contributed by atoms with Crippen LogP contribution < -0.4 is 0 Å². The van der Waals surface area contributed by atoms with E-state index in [1.165, 1.54) is 6.07 Å². The van der Waals surface area contributed by atoms with Crippen molar-refractivity contribution in [1.29, 1.82) is 0 Å². The van der Waals surface area contributed by atoms with Crippen molar-refractivity contribution in [2.24, 2.45) is 0 Å². The second-order valence-corrected chi connectivity index (χ2v) is 5.24. The molecule has 0 spiro atoms. The van der Waals surface area contributed by atoms with Crippen molar-refractivity contribution in [1.82, 2.24) is 14.8 Å². The average molecular weight is 316 g/mol. The minimum atomic E-state index is -0.316. The summed E-state index contributed by atoms with van der Waals surface area (Å²) in [4.78, 5) is 0. The number of aromatic amines is 1. The maximum Gasteiger partial charge on any atom is 0.195 e. The summed E-state index contributed by atoms with van der Waals surface area (Å²) in [7, 11) is 0. The van der Waals surface area contributed by atoms with Crippen molar-refractivity contribution in [3.8, 4) is 11.4 Å². The lowest BCUT2D eigenvalue weighted by atomic mass is 10.2. The molecule has 2 rings (SSSR count). The third kappa shape index (κ3) is 2.32. The van der Waals surface area contributed by atoms with E-state index in [1.54, 1.807) is 16.7 Å². The molecule has 0 aliphatic heterocycles. The Labute approximate surface area is 112 Å². The highest BCUT2D eigenvalue weighted by Crippen LogP contribution is 2.26. The number of rotatable bonds is 2. The van der Waals surface area contributed by atoms with Crippen molar-refractivity contribution in [2.75, 3.05) is 0 Å². The fraction of sp³-hybridized carbons (Fsp3) is 0.273. The van der Waals surface area contributed by atoms with Crippen molar-refractivity contribution < 1.29 is 4.39 Å². The summed E-state index contributed by atoms with van der Waals surface area (Å²) in [5, 5.41) is 6.79. The molecule has 1 aromatic heterocycles. The van der Waals surface area contributed by atoms with Crippen LogP contribution in [0.25, 0.3) is 11.4 Å².